The van der Waals surface area contributed by atoms with E-state index in [1.807, 2.05) is 18.2 Å². The van der Waals surface area contributed by atoms with E-state index < -0.39 is 0 Å². The van der Waals surface area contributed by atoms with Crippen LogP contribution in [-0.4, -0.2) is 50.1 Å². The minimum atomic E-state index is -0.334. The topological polar surface area (TPSA) is 116 Å². The number of aromatic amines is 1. The molecule has 0 unspecified atom stereocenters. The second kappa shape index (κ2) is 12.4. The first-order valence-corrected chi connectivity index (χ1v) is 13.2. The number of benzene rings is 2. The van der Waals surface area contributed by atoms with Gasteiger partial charge in [0.05, 0.1) is 36.4 Å². The van der Waals surface area contributed by atoms with Crippen molar-refractivity contribution in [3.8, 4) is 22.8 Å². The van der Waals surface area contributed by atoms with Gasteiger partial charge in [0.25, 0.3) is 0 Å². The van der Waals surface area contributed by atoms with Crippen LogP contribution in [0.15, 0.2) is 57.7 Å². The number of halogens is 5. The monoisotopic (exact) mass is 698 g/mol. The van der Waals surface area contributed by atoms with Crippen LogP contribution in [0.1, 0.15) is 15.9 Å². The summed E-state index contributed by atoms with van der Waals surface area (Å²) in [4.78, 5) is 28.0. The summed E-state index contributed by atoms with van der Waals surface area (Å²) in [6.45, 7) is 0. The molecule has 1 N–H and O–H groups in total. The summed E-state index contributed by atoms with van der Waals surface area (Å²) >= 11 is 24.0. The lowest BCUT2D eigenvalue weighted by atomic mass is 10.1. The molecule has 3 aromatic heterocycles. The van der Waals surface area contributed by atoms with Gasteiger partial charge < -0.3 is 9.47 Å². The van der Waals surface area contributed by atoms with Gasteiger partial charge in [0, 0.05) is 26.9 Å². The molecule has 0 atom stereocenters. The van der Waals surface area contributed by atoms with Gasteiger partial charge in [-0.25, -0.2) is 15.0 Å². The highest BCUT2D eigenvalue weighted by atomic mass is 79.9. The Hall–Kier alpha value is -2.83. The number of rotatable bonds is 5. The summed E-state index contributed by atoms with van der Waals surface area (Å²) in [6, 6.07) is 10.8. The van der Waals surface area contributed by atoms with Crippen molar-refractivity contribution in [3.63, 3.8) is 0 Å². The van der Waals surface area contributed by atoms with Crippen molar-refractivity contribution >= 4 is 83.5 Å². The zero-order valence-electron chi connectivity index (χ0n) is 19.5. The molecule has 2 aromatic carbocycles. The SMILES string of the molecule is COc1ccc(Br)cc1-c1[nH]nc2nc(Cl)ncc12.COc1ccc(Br)cc1C(=O)c1cnc(Cl)nc1Cl. The van der Waals surface area contributed by atoms with Crippen molar-refractivity contribution in [3.05, 3.63) is 84.6 Å². The van der Waals surface area contributed by atoms with E-state index in [2.05, 4.69) is 62.0 Å². The number of carbonyl (C=O) groups excluding carboxylic acids is 1. The summed E-state index contributed by atoms with van der Waals surface area (Å²) < 4.78 is 12.2. The van der Waals surface area contributed by atoms with Crippen molar-refractivity contribution in [2.45, 2.75) is 0 Å². The van der Waals surface area contributed by atoms with Gasteiger partial charge in [0.2, 0.25) is 16.4 Å². The molecule has 0 aliphatic rings. The van der Waals surface area contributed by atoms with E-state index in [4.69, 9.17) is 44.3 Å². The van der Waals surface area contributed by atoms with Crippen molar-refractivity contribution in [2.75, 3.05) is 14.2 Å². The molecule has 3 heterocycles. The average molecular weight is 702 g/mol. The molecular weight excluding hydrogens is 686 g/mol. The molecule has 0 radical (unpaired) electrons. The van der Waals surface area contributed by atoms with E-state index in [1.54, 1.807) is 31.5 Å². The summed E-state index contributed by atoms with van der Waals surface area (Å²) in [5, 5.41) is 8.04. The fraction of sp³-hybridized carbons (Fsp3) is 0.0833. The number of fused-ring (bicyclic) bond motifs is 1. The van der Waals surface area contributed by atoms with Crippen LogP contribution in [0.2, 0.25) is 15.7 Å². The minimum Gasteiger partial charge on any atom is -0.496 e. The molecule has 38 heavy (non-hydrogen) atoms. The lowest BCUT2D eigenvalue weighted by Crippen LogP contribution is -2.06. The second-order valence-electron chi connectivity index (χ2n) is 7.34. The summed E-state index contributed by atoms with van der Waals surface area (Å²) in [5.74, 6) is 0.850. The highest BCUT2D eigenvalue weighted by Crippen LogP contribution is 2.35. The number of ether oxygens (including phenoxy) is 2. The number of hydrogen-bond donors (Lipinski definition) is 1. The second-order valence-corrected chi connectivity index (χ2v) is 10.2. The Morgan fingerprint density at radius 1 is 0.842 bits per heavy atom. The highest BCUT2D eigenvalue weighted by Gasteiger charge is 2.19. The molecule has 194 valence electrons. The van der Waals surface area contributed by atoms with Gasteiger partial charge >= 0.3 is 0 Å². The third kappa shape index (κ3) is 6.24. The maximum atomic E-state index is 12.4. The van der Waals surface area contributed by atoms with E-state index in [0.717, 1.165) is 31.3 Å². The van der Waals surface area contributed by atoms with E-state index in [9.17, 15) is 4.79 Å². The zero-order chi connectivity index (χ0) is 27.4. The third-order valence-electron chi connectivity index (χ3n) is 5.08. The number of nitrogens with one attached hydrogen (secondary N) is 1. The lowest BCUT2D eigenvalue weighted by Gasteiger charge is -2.08. The Bertz CT molecular complexity index is 1650. The van der Waals surface area contributed by atoms with Gasteiger partial charge in [0.1, 0.15) is 16.7 Å². The van der Waals surface area contributed by atoms with Crippen molar-refractivity contribution < 1.29 is 14.3 Å². The van der Waals surface area contributed by atoms with Gasteiger partial charge in [-0.3, -0.25) is 9.89 Å². The van der Waals surface area contributed by atoms with Gasteiger partial charge in [-0.2, -0.15) is 10.1 Å². The molecule has 0 aliphatic carbocycles. The summed E-state index contributed by atoms with van der Waals surface area (Å²) in [6.07, 6.45) is 2.93. The minimum absolute atomic E-state index is 0.00651. The summed E-state index contributed by atoms with van der Waals surface area (Å²) in [5.41, 5.74) is 2.74. The predicted octanol–water partition coefficient (Wildman–Crippen LogP) is 7.23. The van der Waals surface area contributed by atoms with Crippen LogP contribution >= 0.6 is 66.7 Å². The first-order valence-electron chi connectivity index (χ1n) is 10.5. The average Bonchev–Trinajstić information content (AvgIpc) is 3.31. The Morgan fingerprint density at radius 2 is 1.47 bits per heavy atom. The number of H-pyrrole nitrogens is 1. The number of ketones is 1. The molecule has 5 aromatic rings. The number of aromatic nitrogens is 6. The number of methoxy groups -OCH3 is 2. The van der Waals surface area contributed by atoms with Crippen molar-refractivity contribution in [2.24, 2.45) is 0 Å². The van der Waals surface area contributed by atoms with Crippen molar-refractivity contribution in [1.82, 2.24) is 30.1 Å². The smallest absolute Gasteiger partial charge is 0.224 e. The fourth-order valence-corrected chi connectivity index (χ4v) is 4.60. The Labute approximate surface area is 248 Å². The van der Waals surface area contributed by atoms with Crippen LogP contribution in [0.3, 0.4) is 0 Å². The first-order chi connectivity index (χ1) is 18.2. The lowest BCUT2D eigenvalue weighted by molar-refractivity contribution is 0.103. The quantitative estimate of drug-likeness (QED) is 0.116. The molecule has 5 rings (SSSR count). The van der Waals surface area contributed by atoms with Crippen LogP contribution < -0.4 is 9.47 Å². The molecule has 0 aliphatic heterocycles. The predicted molar refractivity (Wildman–Crippen MR) is 153 cm³/mol. The van der Waals surface area contributed by atoms with E-state index in [1.165, 1.54) is 13.3 Å². The largest absolute Gasteiger partial charge is 0.496 e. The zero-order valence-corrected chi connectivity index (χ0v) is 24.9. The van der Waals surface area contributed by atoms with Gasteiger partial charge in [0.15, 0.2) is 5.65 Å². The number of carbonyl (C=O) groups is 1. The molecule has 14 heteroatoms. The first kappa shape index (κ1) is 28.2. The van der Waals surface area contributed by atoms with E-state index >= 15 is 0 Å². The molecule has 0 amide bonds. The normalized spacial score (nSPS) is 10.6. The van der Waals surface area contributed by atoms with Gasteiger partial charge in [-0.15, -0.1) is 0 Å². The molecule has 9 nitrogen and oxygen atoms in total. The highest BCUT2D eigenvalue weighted by molar-refractivity contribution is 9.10. The number of hydrogen-bond acceptors (Lipinski definition) is 8. The van der Waals surface area contributed by atoms with Crippen molar-refractivity contribution in [1.29, 1.82) is 0 Å². The Balaban J connectivity index is 0.000000177. The van der Waals surface area contributed by atoms with Gasteiger partial charge in [-0.1, -0.05) is 43.5 Å². The molecule has 0 spiro atoms. The standard InChI is InChI=1S/C12H7BrCl2N2O2.C12H8BrClN4O/c1-19-9-3-2-6(13)4-7(9)10(18)8-5-16-12(15)17-11(8)14;1-19-9-3-2-6(13)4-7(9)10-8-5-15-12(14)16-11(8)18-17-10/h2-5H,1H3;2-5H,1H3,(H,15,16,17,18). The van der Waals surface area contributed by atoms with Crippen LogP contribution in [-0.2, 0) is 0 Å². The van der Waals surface area contributed by atoms with Gasteiger partial charge in [-0.05, 0) is 59.6 Å². The molecule has 0 saturated carbocycles. The van der Waals surface area contributed by atoms with E-state index in [-0.39, 0.29) is 27.1 Å². The maximum Gasteiger partial charge on any atom is 0.224 e. The molecule has 0 fully saturated rings. The Morgan fingerprint density at radius 3 is 2.16 bits per heavy atom. The molecule has 0 bridgehead atoms. The van der Waals surface area contributed by atoms with Crippen LogP contribution in [0.5, 0.6) is 11.5 Å². The molecule has 0 saturated heterocycles. The van der Waals surface area contributed by atoms with Crippen LogP contribution in [0.25, 0.3) is 22.3 Å². The molecular formula is C24H15Br2Cl3N6O3. The Kier molecular flexibility index (Phi) is 9.16. The fourth-order valence-electron chi connectivity index (χ4n) is 3.36. The van der Waals surface area contributed by atoms with E-state index in [0.29, 0.717) is 17.0 Å². The third-order valence-corrected chi connectivity index (χ3v) is 6.72. The summed E-state index contributed by atoms with van der Waals surface area (Å²) in [7, 11) is 3.11. The number of nitrogens with zero attached hydrogens (tertiary/aromatic N) is 5. The van der Waals surface area contributed by atoms with Crippen LogP contribution in [0, 0.1) is 0 Å². The van der Waals surface area contributed by atoms with Crippen LogP contribution in [0.4, 0.5) is 0 Å². The maximum absolute atomic E-state index is 12.4.